The first-order valence-electron chi connectivity index (χ1n) is 7.45. The molecule has 0 aliphatic carbocycles. The Labute approximate surface area is 121 Å². The van der Waals surface area contributed by atoms with Gasteiger partial charge in [0.05, 0.1) is 0 Å². The molecule has 0 saturated heterocycles. The lowest BCUT2D eigenvalue weighted by Crippen LogP contribution is -2.11. The van der Waals surface area contributed by atoms with Gasteiger partial charge in [0.1, 0.15) is 0 Å². The number of aromatic nitrogens is 2. The number of amides is 1. The van der Waals surface area contributed by atoms with Crippen molar-refractivity contribution in [1.82, 2.24) is 10.2 Å². The fourth-order valence-electron chi connectivity index (χ4n) is 2.08. The maximum atomic E-state index is 11.7. The molecule has 1 rings (SSSR count). The maximum absolute atomic E-state index is 11.7. The molecule has 1 amide bonds. The van der Waals surface area contributed by atoms with Crippen LogP contribution in [0.4, 0.5) is 5.82 Å². The third-order valence-corrected chi connectivity index (χ3v) is 2.98. The van der Waals surface area contributed by atoms with E-state index in [0.29, 0.717) is 12.2 Å². The van der Waals surface area contributed by atoms with Gasteiger partial charge >= 0.3 is 0 Å². The van der Waals surface area contributed by atoms with Gasteiger partial charge in [-0.2, -0.15) is 5.10 Å². The number of hydrogen-bond acceptors (Lipinski definition) is 3. The van der Waals surface area contributed by atoms with Gasteiger partial charge in [-0.1, -0.05) is 33.6 Å². The van der Waals surface area contributed by atoms with E-state index in [0.717, 1.165) is 44.3 Å². The van der Waals surface area contributed by atoms with E-state index < -0.39 is 0 Å². The number of carbonyl (C=O) groups excluding carboxylic acids is 1. The number of nitrogens with one attached hydrogen (secondary N) is 2. The van der Waals surface area contributed by atoms with Crippen LogP contribution in [0, 0.1) is 5.41 Å². The van der Waals surface area contributed by atoms with Crippen LogP contribution in [-0.2, 0) is 11.2 Å². The highest BCUT2D eigenvalue weighted by molar-refractivity contribution is 5.89. The number of unbranched alkanes of at least 4 members (excludes halogenated alkanes) is 3. The minimum Gasteiger partial charge on any atom is -0.330 e. The molecule has 0 spiro atoms. The Morgan fingerprint density at radius 3 is 2.65 bits per heavy atom. The number of H-pyrrole nitrogens is 1. The van der Waals surface area contributed by atoms with E-state index in [9.17, 15) is 4.79 Å². The minimum atomic E-state index is 0.0338. The van der Waals surface area contributed by atoms with Crippen molar-refractivity contribution in [2.45, 2.75) is 59.3 Å². The highest BCUT2D eigenvalue weighted by Gasteiger charge is 2.13. The fraction of sp³-hybridized carbons (Fsp3) is 0.733. The summed E-state index contributed by atoms with van der Waals surface area (Å²) in [6, 6.07) is 1.91. The van der Waals surface area contributed by atoms with Crippen LogP contribution in [0.2, 0.25) is 0 Å². The van der Waals surface area contributed by atoms with E-state index in [1.54, 1.807) is 0 Å². The summed E-state index contributed by atoms with van der Waals surface area (Å²) in [5, 5.41) is 9.93. The molecule has 0 aromatic carbocycles. The van der Waals surface area contributed by atoms with Crippen molar-refractivity contribution >= 4 is 11.7 Å². The molecule has 114 valence electrons. The molecule has 1 aromatic rings. The van der Waals surface area contributed by atoms with Gasteiger partial charge in [0, 0.05) is 18.2 Å². The maximum Gasteiger partial charge on any atom is 0.225 e. The van der Waals surface area contributed by atoms with Gasteiger partial charge in [-0.3, -0.25) is 9.89 Å². The number of hydrogen-bond donors (Lipinski definition) is 3. The monoisotopic (exact) mass is 280 g/mol. The molecule has 0 unspecified atom stereocenters. The van der Waals surface area contributed by atoms with E-state index in [-0.39, 0.29) is 11.3 Å². The largest absolute Gasteiger partial charge is 0.330 e. The average Bonchev–Trinajstić information content (AvgIpc) is 2.73. The lowest BCUT2D eigenvalue weighted by atomic mass is 9.91. The number of nitrogens with two attached hydrogens (primary N) is 1. The Morgan fingerprint density at radius 1 is 1.30 bits per heavy atom. The molecule has 0 bridgehead atoms. The minimum absolute atomic E-state index is 0.0338. The molecule has 20 heavy (non-hydrogen) atoms. The van der Waals surface area contributed by atoms with E-state index in [1.807, 2.05) is 6.07 Å². The van der Waals surface area contributed by atoms with E-state index in [1.165, 1.54) is 0 Å². The standard InChI is InChI=1S/C15H28N4O/c1-15(2,3)11-12-10-13(19-18-12)17-14(20)8-6-4-5-7-9-16/h10H,4-9,11,16H2,1-3H3,(H2,17,18,19,20). The molecular formula is C15H28N4O. The van der Waals surface area contributed by atoms with Crippen LogP contribution in [0.1, 0.15) is 58.6 Å². The molecule has 5 nitrogen and oxygen atoms in total. The summed E-state index contributed by atoms with van der Waals surface area (Å²) in [5.41, 5.74) is 6.68. The molecule has 0 saturated carbocycles. The average molecular weight is 280 g/mol. The molecule has 1 aromatic heterocycles. The summed E-state index contributed by atoms with van der Waals surface area (Å²) in [5.74, 6) is 0.655. The van der Waals surface area contributed by atoms with E-state index in [2.05, 4.69) is 36.3 Å². The lowest BCUT2D eigenvalue weighted by molar-refractivity contribution is -0.116. The van der Waals surface area contributed by atoms with Crippen molar-refractivity contribution in [2.75, 3.05) is 11.9 Å². The molecular weight excluding hydrogens is 252 g/mol. The summed E-state index contributed by atoms with van der Waals surface area (Å²) < 4.78 is 0. The Bertz CT molecular complexity index is 406. The zero-order valence-corrected chi connectivity index (χ0v) is 13.0. The number of rotatable bonds is 8. The number of carbonyl (C=O) groups is 1. The lowest BCUT2D eigenvalue weighted by Gasteiger charge is -2.15. The van der Waals surface area contributed by atoms with E-state index >= 15 is 0 Å². The summed E-state index contributed by atoms with van der Waals surface area (Å²) >= 11 is 0. The van der Waals surface area contributed by atoms with E-state index in [4.69, 9.17) is 5.73 Å². The number of aromatic amines is 1. The van der Waals surface area contributed by atoms with Crippen LogP contribution in [0.25, 0.3) is 0 Å². The SMILES string of the molecule is CC(C)(C)Cc1cc(NC(=O)CCCCCCN)n[nH]1. The van der Waals surface area contributed by atoms with Gasteiger partial charge in [-0.05, 0) is 31.2 Å². The fourth-order valence-corrected chi connectivity index (χ4v) is 2.08. The second-order valence-corrected chi connectivity index (χ2v) is 6.52. The Morgan fingerprint density at radius 2 is 2.00 bits per heavy atom. The van der Waals surface area contributed by atoms with Crippen molar-refractivity contribution in [3.05, 3.63) is 11.8 Å². The number of nitrogens with zero attached hydrogens (tertiary/aromatic N) is 1. The van der Waals surface area contributed by atoms with Crippen LogP contribution in [0.3, 0.4) is 0 Å². The Kier molecular flexibility index (Phi) is 6.71. The van der Waals surface area contributed by atoms with Gasteiger partial charge in [0.25, 0.3) is 0 Å². The molecule has 0 atom stereocenters. The summed E-state index contributed by atoms with van der Waals surface area (Å²) in [6.07, 6.45) is 5.56. The first-order chi connectivity index (χ1) is 9.40. The second kappa shape index (κ2) is 8.04. The van der Waals surface area contributed by atoms with Crippen LogP contribution < -0.4 is 11.1 Å². The highest BCUT2D eigenvalue weighted by atomic mass is 16.1. The van der Waals surface area contributed by atoms with Crippen LogP contribution in [0.5, 0.6) is 0 Å². The van der Waals surface area contributed by atoms with Crippen LogP contribution in [0.15, 0.2) is 6.07 Å². The Hall–Kier alpha value is -1.36. The second-order valence-electron chi connectivity index (χ2n) is 6.52. The van der Waals surface area contributed by atoms with Gasteiger partial charge in [-0.15, -0.1) is 0 Å². The molecule has 0 radical (unpaired) electrons. The van der Waals surface area contributed by atoms with Gasteiger partial charge in [-0.25, -0.2) is 0 Å². The molecule has 0 fully saturated rings. The molecule has 0 aliphatic rings. The molecule has 1 heterocycles. The number of anilines is 1. The predicted molar refractivity (Wildman–Crippen MR) is 82.5 cm³/mol. The molecule has 4 N–H and O–H groups in total. The zero-order valence-electron chi connectivity index (χ0n) is 13.0. The van der Waals surface area contributed by atoms with Crippen LogP contribution in [-0.4, -0.2) is 22.6 Å². The third kappa shape index (κ3) is 7.28. The van der Waals surface area contributed by atoms with Crippen molar-refractivity contribution in [3.63, 3.8) is 0 Å². The summed E-state index contributed by atoms with van der Waals surface area (Å²) in [4.78, 5) is 11.7. The van der Waals surface area contributed by atoms with Gasteiger partial charge < -0.3 is 11.1 Å². The first-order valence-corrected chi connectivity index (χ1v) is 7.45. The molecule has 5 heteroatoms. The summed E-state index contributed by atoms with van der Waals surface area (Å²) in [6.45, 7) is 7.25. The third-order valence-electron chi connectivity index (χ3n) is 2.98. The highest BCUT2D eigenvalue weighted by Crippen LogP contribution is 2.20. The van der Waals surface area contributed by atoms with Gasteiger partial charge in [0.15, 0.2) is 5.82 Å². The Balaban J connectivity index is 2.28. The van der Waals surface area contributed by atoms with Crippen LogP contribution >= 0.6 is 0 Å². The summed E-state index contributed by atoms with van der Waals surface area (Å²) in [7, 11) is 0. The van der Waals surface area contributed by atoms with Gasteiger partial charge in [0.2, 0.25) is 5.91 Å². The quantitative estimate of drug-likeness (QED) is 0.640. The van der Waals surface area contributed by atoms with Crippen molar-refractivity contribution < 1.29 is 4.79 Å². The topological polar surface area (TPSA) is 83.8 Å². The van der Waals surface area contributed by atoms with Crippen molar-refractivity contribution in [3.8, 4) is 0 Å². The smallest absolute Gasteiger partial charge is 0.225 e. The van der Waals surface area contributed by atoms with Crippen molar-refractivity contribution in [1.29, 1.82) is 0 Å². The normalized spacial score (nSPS) is 11.6. The van der Waals surface area contributed by atoms with Crippen molar-refractivity contribution in [2.24, 2.45) is 11.1 Å². The zero-order chi connectivity index (χ0) is 15.0. The predicted octanol–water partition coefficient (Wildman–Crippen LogP) is 2.85. The first kappa shape index (κ1) is 16.7. The molecule has 0 aliphatic heterocycles.